The molecule has 1 aromatic heterocycles. The first-order valence-electron chi connectivity index (χ1n) is 9.02. The highest BCUT2D eigenvalue weighted by Gasteiger charge is 2.24. The van der Waals surface area contributed by atoms with E-state index in [0.717, 1.165) is 35.7 Å². The largest absolute Gasteiger partial charge is 0.494 e. The average molecular weight is 355 g/mol. The first-order chi connectivity index (χ1) is 12.6. The predicted molar refractivity (Wildman–Crippen MR) is 101 cm³/mol. The molecule has 0 atom stereocenters. The number of benzene rings is 1. The highest BCUT2D eigenvalue weighted by Crippen LogP contribution is 2.20. The third-order valence-electron chi connectivity index (χ3n) is 4.33. The van der Waals surface area contributed by atoms with Crippen LogP contribution in [0.5, 0.6) is 11.5 Å². The summed E-state index contributed by atoms with van der Waals surface area (Å²) in [4.78, 5) is 18.5. The Hall–Kier alpha value is -2.76. The molecule has 6 nitrogen and oxygen atoms in total. The Labute approximate surface area is 154 Å². The van der Waals surface area contributed by atoms with Gasteiger partial charge in [0.1, 0.15) is 17.6 Å². The zero-order valence-electron chi connectivity index (χ0n) is 15.3. The molecule has 1 aliphatic heterocycles. The SMILES string of the molecule is CCOc1ccc(NC(=O)N2CCC(Oc3ccc(C)nc3)CC2)cc1. The number of nitrogens with one attached hydrogen (secondary N) is 1. The number of anilines is 1. The van der Waals surface area contributed by atoms with Gasteiger partial charge in [0.2, 0.25) is 0 Å². The van der Waals surface area contributed by atoms with Gasteiger partial charge in [0.05, 0.1) is 12.8 Å². The fourth-order valence-corrected chi connectivity index (χ4v) is 2.90. The normalized spacial score (nSPS) is 14.8. The van der Waals surface area contributed by atoms with Gasteiger partial charge in [-0.3, -0.25) is 4.98 Å². The van der Waals surface area contributed by atoms with Crippen molar-refractivity contribution in [3.8, 4) is 11.5 Å². The maximum Gasteiger partial charge on any atom is 0.321 e. The molecule has 0 saturated carbocycles. The van der Waals surface area contributed by atoms with Crippen molar-refractivity contribution < 1.29 is 14.3 Å². The van der Waals surface area contributed by atoms with Gasteiger partial charge in [0, 0.05) is 37.3 Å². The van der Waals surface area contributed by atoms with Crippen molar-refractivity contribution in [2.24, 2.45) is 0 Å². The molecule has 3 rings (SSSR count). The highest BCUT2D eigenvalue weighted by molar-refractivity contribution is 5.89. The number of hydrogen-bond donors (Lipinski definition) is 1. The number of aromatic nitrogens is 1. The zero-order valence-corrected chi connectivity index (χ0v) is 15.3. The predicted octanol–water partition coefficient (Wildman–Crippen LogP) is 3.86. The Balaban J connectivity index is 1.46. The number of piperidine rings is 1. The Morgan fingerprint density at radius 3 is 2.46 bits per heavy atom. The molecule has 0 spiro atoms. The van der Waals surface area contributed by atoms with E-state index in [0.29, 0.717) is 19.7 Å². The van der Waals surface area contributed by atoms with Crippen molar-refractivity contribution in [3.05, 3.63) is 48.3 Å². The van der Waals surface area contributed by atoms with Crippen LogP contribution in [0.15, 0.2) is 42.6 Å². The molecule has 0 aliphatic carbocycles. The van der Waals surface area contributed by atoms with E-state index < -0.39 is 0 Å². The van der Waals surface area contributed by atoms with E-state index in [1.165, 1.54) is 0 Å². The van der Waals surface area contributed by atoms with Gasteiger partial charge in [0.25, 0.3) is 0 Å². The molecule has 26 heavy (non-hydrogen) atoms. The Morgan fingerprint density at radius 1 is 1.15 bits per heavy atom. The number of amides is 2. The summed E-state index contributed by atoms with van der Waals surface area (Å²) < 4.78 is 11.4. The molecule has 1 aliphatic rings. The number of rotatable bonds is 5. The van der Waals surface area contributed by atoms with Gasteiger partial charge in [-0.15, -0.1) is 0 Å². The molecule has 138 valence electrons. The van der Waals surface area contributed by atoms with E-state index in [-0.39, 0.29) is 12.1 Å². The third-order valence-corrected chi connectivity index (χ3v) is 4.33. The Morgan fingerprint density at radius 2 is 1.85 bits per heavy atom. The standard InChI is InChI=1S/C20H25N3O3/c1-3-25-17-8-5-16(6-9-17)22-20(24)23-12-10-18(11-13-23)26-19-7-4-15(2)21-14-19/h4-9,14,18H,3,10-13H2,1-2H3,(H,22,24). The van der Waals surface area contributed by atoms with E-state index in [1.807, 2.05) is 55.1 Å². The number of nitrogens with zero attached hydrogens (tertiary/aromatic N) is 2. The van der Waals surface area contributed by atoms with E-state index in [2.05, 4.69) is 10.3 Å². The van der Waals surface area contributed by atoms with Crippen LogP contribution < -0.4 is 14.8 Å². The first-order valence-corrected chi connectivity index (χ1v) is 9.02. The molecule has 0 radical (unpaired) electrons. The fourth-order valence-electron chi connectivity index (χ4n) is 2.90. The van der Waals surface area contributed by atoms with Crippen molar-refractivity contribution in [3.63, 3.8) is 0 Å². The number of carbonyl (C=O) groups is 1. The van der Waals surface area contributed by atoms with E-state index in [1.54, 1.807) is 6.20 Å². The summed E-state index contributed by atoms with van der Waals surface area (Å²) in [5.41, 5.74) is 1.74. The van der Waals surface area contributed by atoms with E-state index in [4.69, 9.17) is 9.47 Å². The topological polar surface area (TPSA) is 63.7 Å². The van der Waals surface area contributed by atoms with Crippen molar-refractivity contribution in [1.82, 2.24) is 9.88 Å². The maximum atomic E-state index is 12.4. The summed E-state index contributed by atoms with van der Waals surface area (Å²) in [6, 6.07) is 11.2. The minimum absolute atomic E-state index is 0.0791. The van der Waals surface area contributed by atoms with Crippen LogP contribution in [0, 0.1) is 6.92 Å². The lowest BCUT2D eigenvalue weighted by atomic mass is 10.1. The van der Waals surface area contributed by atoms with Crippen LogP contribution in [0.3, 0.4) is 0 Å². The molecule has 0 bridgehead atoms. The first kappa shape index (κ1) is 18.0. The molecule has 1 N–H and O–H groups in total. The molecular formula is C20H25N3O3. The molecule has 2 amide bonds. The molecule has 2 heterocycles. The molecule has 1 saturated heterocycles. The molecule has 0 unspecified atom stereocenters. The minimum atomic E-state index is -0.0791. The lowest BCUT2D eigenvalue weighted by molar-refractivity contribution is 0.115. The molecule has 1 fully saturated rings. The van der Waals surface area contributed by atoms with Crippen LogP contribution in [0.25, 0.3) is 0 Å². The Bertz CT molecular complexity index is 708. The van der Waals surface area contributed by atoms with Crippen molar-refractivity contribution >= 4 is 11.7 Å². The number of ether oxygens (including phenoxy) is 2. The van der Waals surface area contributed by atoms with Crippen LogP contribution in [-0.4, -0.2) is 41.7 Å². The van der Waals surface area contributed by atoms with E-state index in [9.17, 15) is 4.79 Å². The fraction of sp³-hybridized carbons (Fsp3) is 0.400. The monoisotopic (exact) mass is 355 g/mol. The van der Waals surface area contributed by atoms with Crippen LogP contribution in [0.1, 0.15) is 25.5 Å². The van der Waals surface area contributed by atoms with Gasteiger partial charge in [0.15, 0.2) is 0 Å². The molecular weight excluding hydrogens is 330 g/mol. The summed E-state index contributed by atoms with van der Waals surface area (Å²) in [5, 5.41) is 2.93. The van der Waals surface area contributed by atoms with Crippen molar-refractivity contribution in [2.75, 3.05) is 25.0 Å². The molecule has 1 aromatic carbocycles. The smallest absolute Gasteiger partial charge is 0.321 e. The summed E-state index contributed by atoms with van der Waals surface area (Å²) >= 11 is 0. The van der Waals surface area contributed by atoms with Crippen LogP contribution in [0.2, 0.25) is 0 Å². The lowest BCUT2D eigenvalue weighted by Gasteiger charge is -2.32. The summed E-state index contributed by atoms with van der Waals surface area (Å²) in [5.74, 6) is 1.59. The maximum absolute atomic E-state index is 12.4. The highest BCUT2D eigenvalue weighted by atomic mass is 16.5. The average Bonchev–Trinajstić information content (AvgIpc) is 2.66. The van der Waals surface area contributed by atoms with Crippen LogP contribution >= 0.6 is 0 Å². The van der Waals surface area contributed by atoms with Crippen molar-refractivity contribution in [1.29, 1.82) is 0 Å². The van der Waals surface area contributed by atoms with E-state index >= 15 is 0 Å². The van der Waals surface area contributed by atoms with Crippen molar-refractivity contribution in [2.45, 2.75) is 32.8 Å². The summed E-state index contributed by atoms with van der Waals surface area (Å²) in [7, 11) is 0. The van der Waals surface area contributed by atoms with Gasteiger partial charge < -0.3 is 19.7 Å². The van der Waals surface area contributed by atoms with Gasteiger partial charge in [-0.1, -0.05) is 0 Å². The number of urea groups is 1. The van der Waals surface area contributed by atoms with Crippen LogP contribution in [-0.2, 0) is 0 Å². The second-order valence-corrected chi connectivity index (χ2v) is 6.33. The lowest BCUT2D eigenvalue weighted by Crippen LogP contribution is -2.43. The second-order valence-electron chi connectivity index (χ2n) is 6.33. The second kappa shape index (κ2) is 8.56. The van der Waals surface area contributed by atoms with Gasteiger partial charge in [-0.2, -0.15) is 0 Å². The zero-order chi connectivity index (χ0) is 18.4. The number of carbonyl (C=O) groups excluding carboxylic acids is 1. The quantitative estimate of drug-likeness (QED) is 0.884. The summed E-state index contributed by atoms with van der Waals surface area (Å²) in [6.07, 6.45) is 3.49. The van der Waals surface area contributed by atoms with Gasteiger partial charge in [-0.05, 0) is 50.2 Å². The van der Waals surface area contributed by atoms with Crippen LogP contribution in [0.4, 0.5) is 10.5 Å². The number of aryl methyl sites for hydroxylation is 1. The van der Waals surface area contributed by atoms with Gasteiger partial charge >= 0.3 is 6.03 Å². The third kappa shape index (κ3) is 4.88. The summed E-state index contributed by atoms with van der Waals surface area (Å²) in [6.45, 7) is 5.87. The molecule has 2 aromatic rings. The van der Waals surface area contributed by atoms with Gasteiger partial charge in [-0.25, -0.2) is 4.79 Å². The molecule has 6 heteroatoms. The number of pyridine rings is 1. The Kier molecular flexibility index (Phi) is 5.94. The number of likely N-dealkylation sites (tertiary alicyclic amines) is 1. The minimum Gasteiger partial charge on any atom is -0.494 e. The number of hydrogen-bond acceptors (Lipinski definition) is 4.